The second-order valence-electron chi connectivity index (χ2n) is 4.81. The molecule has 1 heterocycles. The van der Waals surface area contributed by atoms with Crippen LogP contribution in [0.5, 0.6) is 0 Å². The average molecular weight is 257 g/mol. The first kappa shape index (κ1) is 13.5. The van der Waals surface area contributed by atoms with Gasteiger partial charge >= 0.3 is 5.97 Å². The first-order chi connectivity index (χ1) is 9.06. The molecule has 0 bridgehead atoms. The predicted molar refractivity (Wildman–Crippen MR) is 75.4 cm³/mol. The quantitative estimate of drug-likeness (QED) is 0.602. The van der Waals surface area contributed by atoms with Crippen molar-refractivity contribution in [1.29, 1.82) is 0 Å². The normalized spacial score (nSPS) is 14.7. The first-order valence-electron chi connectivity index (χ1n) is 6.45. The summed E-state index contributed by atoms with van der Waals surface area (Å²) in [6.07, 6.45) is 9.46. The molecule has 1 aliphatic carbocycles. The van der Waals surface area contributed by atoms with E-state index in [0.717, 1.165) is 28.9 Å². The van der Waals surface area contributed by atoms with Gasteiger partial charge in [-0.15, -0.1) is 0 Å². The fourth-order valence-corrected chi connectivity index (χ4v) is 2.53. The fraction of sp³-hybridized carbons (Fsp3) is 0.375. The number of methoxy groups -OCH3 is 1. The molecule has 0 N–H and O–H groups in total. The van der Waals surface area contributed by atoms with Crippen LogP contribution in [-0.2, 0) is 4.74 Å². The van der Waals surface area contributed by atoms with Crippen LogP contribution in [0.4, 0.5) is 0 Å². The van der Waals surface area contributed by atoms with Crippen LogP contribution < -0.4 is 0 Å². The Morgan fingerprint density at radius 2 is 1.84 bits per heavy atom. The minimum Gasteiger partial charge on any atom is -0.465 e. The Kier molecular flexibility index (Phi) is 3.84. The van der Waals surface area contributed by atoms with E-state index in [-0.39, 0.29) is 11.9 Å². The lowest BCUT2D eigenvalue weighted by molar-refractivity contribution is 0.0598. The number of carbonyl (C=O) groups is 1. The van der Waals surface area contributed by atoms with Crippen LogP contribution in [0.25, 0.3) is 0 Å². The third-order valence-corrected chi connectivity index (χ3v) is 3.60. The Morgan fingerprint density at radius 3 is 2.42 bits per heavy atom. The number of esters is 1. The van der Waals surface area contributed by atoms with E-state index in [2.05, 4.69) is 29.3 Å². The summed E-state index contributed by atoms with van der Waals surface area (Å²) in [5.41, 5.74) is 4.38. The van der Waals surface area contributed by atoms with Crippen LogP contribution >= 0.6 is 0 Å². The summed E-state index contributed by atoms with van der Waals surface area (Å²) in [4.78, 5) is 16.5. The number of aryl methyl sites for hydroxylation is 2. The van der Waals surface area contributed by atoms with Gasteiger partial charge in [0.2, 0.25) is 0 Å². The van der Waals surface area contributed by atoms with Crippen molar-refractivity contribution in [3.05, 3.63) is 52.4 Å². The lowest BCUT2D eigenvalue weighted by atomic mass is 9.86. The van der Waals surface area contributed by atoms with E-state index in [4.69, 9.17) is 4.74 Å². The maximum Gasteiger partial charge on any atom is 0.340 e. The van der Waals surface area contributed by atoms with Crippen molar-refractivity contribution in [1.82, 2.24) is 4.98 Å². The molecule has 0 atom stereocenters. The molecule has 0 saturated heterocycles. The molecule has 0 amide bonds. The van der Waals surface area contributed by atoms with Gasteiger partial charge in [-0.2, -0.15) is 0 Å². The Labute approximate surface area is 114 Å². The van der Waals surface area contributed by atoms with Gasteiger partial charge in [-0.1, -0.05) is 24.3 Å². The van der Waals surface area contributed by atoms with Gasteiger partial charge < -0.3 is 4.74 Å². The van der Waals surface area contributed by atoms with Gasteiger partial charge in [0, 0.05) is 11.6 Å². The number of allylic oxidation sites excluding steroid dienone is 4. The molecule has 0 spiro atoms. The highest BCUT2D eigenvalue weighted by Crippen LogP contribution is 2.31. The van der Waals surface area contributed by atoms with E-state index in [9.17, 15) is 4.79 Å². The number of carbonyl (C=O) groups excluding carboxylic acids is 1. The molecular weight excluding hydrogens is 238 g/mol. The number of hydrogen-bond acceptors (Lipinski definition) is 3. The van der Waals surface area contributed by atoms with Crippen molar-refractivity contribution in [2.45, 2.75) is 33.1 Å². The zero-order chi connectivity index (χ0) is 14.0. The Bertz CT molecular complexity index is 559. The second kappa shape index (κ2) is 5.39. The SMILES string of the molecule is COC(=O)c1c(C)nc(C)c(C)c1C1C=CCC=C1. The van der Waals surface area contributed by atoms with Crippen LogP contribution in [0, 0.1) is 20.8 Å². The number of ether oxygens (including phenoxy) is 1. The van der Waals surface area contributed by atoms with Crippen molar-refractivity contribution in [3.8, 4) is 0 Å². The maximum atomic E-state index is 12.1. The summed E-state index contributed by atoms with van der Waals surface area (Å²) in [5.74, 6) is -0.182. The molecule has 1 aliphatic rings. The summed E-state index contributed by atoms with van der Waals surface area (Å²) >= 11 is 0. The predicted octanol–water partition coefficient (Wildman–Crippen LogP) is 3.39. The molecule has 19 heavy (non-hydrogen) atoms. The molecule has 2 rings (SSSR count). The highest BCUT2D eigenvalue weighted by atomic mass is 16.5. The zero-order valence-electron chi connectivity index (χ0n) is 11.9. The van der Waals surface area contributed by atoms with E-state index in [0.29, 0.717) is 5.56 Å². The van der Waals surface area contributed by atoms with Crippen molar-refractivity contribution in [2.24, 2.45) is 0 Å². The first-order valence-corrected chi connectivity index (χ1v) is 6.45. The van der Waals surface area contributed by atoms with Gasteiger partial charge in [0.15, 0.2) is 0 Å². The van der Waals surface area contributed by atoms with Gasteiger partial charge in [-0.3, -0.25) is 4.98 Å². The third kappa shape index (κ3) is 2.46. The van der Waals surface area contributed by atoms with E-state index >= 15 is 0 Å². The number of nitrogens with zero attached hydrogens (tertiary/aromatic N) is 1. The lowest BCUT2D eigenvalue weighted by Crippen LogP contribution is -2.15. The van der Waals surface area contributed by atoms with Gasteiger partial charge in [0.05, 0.1) is 18.4 Å². The van der Waals surface area contributed by atoms with Crippen LogP contribution in [0.3, 0.4) is 0 Å². The standard InChI is InChI=1S/C16H19NO2/c1-10-11(2)17-12(3)15(16(18)19-4)14(10)13-8-6-5-7-9-13/h6-9,13H,5H2,1-4H3. The summed E-state index contributed by atoms with van der Waals surface area (Å²) in [6.45, 7) is 5.85. The summed E-state index contributed by atoms with van der Waals surface area (Å²) in [5, 5.41) is 0. The molecule has 0 saturated carbocycles. The van der Waals surface area contributed by atoms with E-state index in [1.54, 1.807) is 0 Å². The van der Waals surface area contributed by atoms with E-state index < -0.39 is 0 Å². The number of hydrogen-bond donors (Lipinski definition) is 0. The van der Waals surface area contributed by atoms with Crippen LogP contribution in [-0.4, -0.2) is 18.1 Å². The lowest BCUT2D eigenvalue weighted by Gasteiger charge is -2.20. The summed E-state index contributed by atoms with van der Waals surface area (Å²) in [6, 6.07) is 0. The maximum absolute atomic E-state index is 12.1. The Balaban J connectivity index is 2.68. The van der Waals surface area contributed by atoms with Crippen molar-refractivity contribution in [3.63, 3.8) is 0 Å². The molecule has 0 aliphatic heterocycles. The number of aromatic nitrogens is 1. The molecule has 0 aromatic carbocycles. The molecule has 3 nitrogen and oxygen atoms in total. The summed E-state index contributed by atoms with van der Waals surface area (Å²) < 4.78 is 4.92. The van der Waals surface area contributed by atoms with Gasteiger partial charge in [0.1, 0.15) is 0 Å². The zero-order valence-corrected chi connectivity index (χ0v) is 11.9. The van der Waals surface area contributed by atoms with Gasteiger partial charge in [0.25, 0.3) is 0 Å². The highest BCUT2D eigenvalue weighted by molar-refractivity contribution is 5.93. The molecule has 1 aromatic rings. The minimum atomic E-state index is -0.310. The van der Waals surface area contributed by atoms with Crippen molar-refractivity contribution < 1.29 is 9.53 Å². The Hall–Kier alpha value is -1.90. The molecule has 0 fully saturated rings. The van der Waals surface area contributed by atoms with E-state index in [1.165, 1.54) is 7.11 Å². The fourth-order valence-electron chi connectivity index (χ4n) is 2.53. The molecule has 100 valence electrons. The summed E-state index contributed by atoms with van der Waals surface area (Å²) in [7, 11) is 1.41. The van der Waals surface area contributed by atoms with Crippen LogP contribution in [0.15, 0.2) is 24.3 Å². The number of rotatable bonds is 2. The van der Waals surface area contributed by atoms with Crippen LogP contribution in [0.1, 0.15) is 45.2 Å². The van der Waals surface area contributed by atoms with Gasteiger partial charge in [-0.25, -0.2) is 4.79 Å². The largest absolute Gasteiger partial charge is 0.465 e. The monoisotopic (exact) mass is 257 g/mol. The highest BCUT2D eigenvalue weighted by Gasteiger charge is 2.23. The topological polar surface area (TPSA) is 39.2 Å². The average Bonchev–Trinajstić information content (AvgIpc) is 2.42. The van der Waals surface area contributed by atoms with Gasteiger partial charge in [-0.05, 0) is 38.3 Å². The molecule has 1 aromatic heterocycles. The van der Waals surface area contributed by atoms with E-state index in [1.807, 2.05) is 20.8 Å². The molecule has 3 heteroatoms. The minimum absolute atomic E-state index is 0.128. The smallest absolute Gasteiger partial charge is 0.340 e. The third-order valence-electron chi connectivity index (χ3n) is 3.60. The van der Waals surface area contributed by atoms with Crippen LogP contribution in [0.2, 0.25) is 0 Å². The number of pyridine rings is 1. The second-order valence-corrected chi connectivity index (χ2v) is 4.81. The molecule has 0 radical (unpaired) electrons. The van der Waals surface area contributed by atoms with Crippen molar-refractivity contribution in [2.75, 3.05) is 7.11 Å². The molecule has 0 unspecified atom stereocenters. The Morgan fingerprint density at radius 1 is 1.21 bits per heavy atom. The van der Waals surface area contributed by atoms with Crippen molar-refractivity contribution >= 4 is 5.97 Å². The molecular formula is C16H19NO2.